The van der Waals surface area contributed by atoms with Crippen LogP contribution in [0.1, 0.15) is 84.0 Å². The quantitative estimate of drug-likeness (QED) is 0.428. The zero-order chi connectivity index (χ0) is 12.1. The number of hydrogen-bond donors (Lipinski definition) is 0. The minimum atomic E-state index is -0.907. The molecule has 0 aliphatic heterocycles. The molecule has 0 saturated heterocycles. The van der Waals surface area contributed by atoms with Gasteiger partial charge in [0.1, 0.15) is 0 Å². The van der Waals surface area contributed by atoms with Gasteiger partial charge in [-0.25, -0.2) is 0 Å². The maximum atomic E-state index is 10.1. The van der Waals surface area contributed by atoms with Crippen LogP contribution >= 0.6 is 0 Å². The molecular weight excluding hydrogens is 423 g/mol. The molecule has 0 heterocycles. The van der Waals surface area contributed by atoms with Gasteiger partial charge in [-0.05, 0) is 12.8 Å². The largest absolute Gasteiger partial charge is 1.00 e. The van der Waals surface area contributed by atoms with Gasteiger partial charge in [0.25, 0.3) is 0 Å². The molecule has 0 aliphatic carbocycles. The van der Waals surface area contributed by atoms with Crippen LogP contribution < -0.4 is 5.11 Å². The summed E-state index contributed by atoms with van der Waals surface area (Å²) in [5, 5.41) is 10.1. The molecule has 0 fully saturated rings. The Morgan fingerprint density at radius 2 is 1.12 bits per heavy atom. The predicted molar refractivity (Wildman–Crippen MR) is 66.1 cm³/mol. The first-order valence-corrected chi connectivity index (χ1v) is 6.97. The SMILES string of the molecule is CCCCCCCCCCCCCC(=O)[O-].[Fr+]. The average Bonchev–Trinajstić information content (AvgIpc) is 2.25. The minimum Gasteiger partial charge on any atom is -0.550 e. The summed E-state index contributed by atoms with van der Waals surface area (Å²) in [5.74, 6) is -0.907. The van der Waals surface area contributed by atoms with E-state index in [0.29, 0.717) is 0 Å². The zero-order valence-corrected chi connectivity index (χ0v) is 20.0. The molecule has 0 amide bonds. The van der Waals surface area contributed by atoms with Crippen molar-refractivity contribution in [3.05, 3.63) is 0 Å². The van der Waals surface area contributed by atoms with Crippen molar-refractivity contribution < 1.29 is 59.8 Å². The molecule has 3 heteroatoms. The van der Waals surface area contributed by atoms with E-state index in [2.05, 4.69) is 6.92 Å². The standard InChI is InChI=1S/C14H28O2.Fr/c1-2-3-4-5-6-7-8-9-10-11-12-13-14(15)16;/h2-13H2,1H3,(H,15,16);/q;+1/p-1. The molecule has 0 saturated carbocycles. The van der Waals surface area contributed by atoms with Crippen LogP contribution in [0.5, 0.6) is 0 Å². The Morgan fingerprint density at radius 1 is 0.765 bits per heavy atom. The molecule has 0 bridgehead atoms. The first-order valence-electron chi connectivity index (χ1n) is 6.97. The first kappa shape index (κ1) is 20.4. The van der Waals surface area contributed by atoms with Crippen molar-refractivity contribution in [2.75, 3.05) is 0 Å². The van der Waals surface area contributed by atoms with Crippen LogP contribution in [0.3, 0.4) is 0 Å². The fraction of sp³-hybridized carbons (Fsp3) is 0.929. The smallest absolute Gasteiger partial charge is 0.550 e. The molecule has 2 nitrogen and oxygen atoms in total. The Kier molecular flexibility index (Phi) is 20.5. The van der Waals surface area contributed by atoms with Gasteiger partial charge in [0.15, 0.2) is 0 Å². The van der Waals surface area contributed by atoms with Crippen molar-refractivity contribution in [1.82, 2.24) is 0 Å². The molecule has 17 heavy (non-hydrogen) atoms. The summed E-state index contributed by atoms with van der Waals surface area (Å²) in [5.41, 5.74) is 0. The maximum Gasteiger partial charge on any atom is 1.00 e. The van der Waals surface area contributed by atoms with E-state index in [1.54, 1.807) is 0 Å². The van der Waals surface area contributed by atoms with Gasteiger partial charge >= 0.3 is 49.9 Å². The van der Waals surface area contributed by atoms with Gasteiger partial charge in [-0.1, -0.05) is 71.1 Å². The van der Waals surface area contributed by atoms with Crippen molar-refractivity contribution in [2.24, 2.45) is 0 Å². The zero-order valence-electron chi connectivity index (χ0n) is 11.8. The first-order chi connectivity index (χ1) is 7.77. The van der Waals surface area contributed by atoms with Gasteiger partial charge in [0.2, 0.25) is 0 Å². The normalized spacial score (nSPS) is 9.94. The van der Waals surface area contributed by atoms with Gasteiger partial charge < -0.3 is 9.90 Å². The second kappa shape index (κ2) is 17.1. The minimum absolute atomic E-state index is 0. The number of rotatable bonds is 12. The van der Waals surface area contributed by atoms with Crippen LogP contribution in [0.15, 0.2) is 0 Å². The van der Waals surface area contributed by atoms with E-state index in [0.717, 1.165) is 12.8 Å². The molecule has 0 aromatic heterocycles. The molecule has 0 rings (SSSR count). The van der Waals surface area contributed by atoms with E-state index in [1.807, 2.05) is 0 Å². The summed E-state index contributed by atoms with van der Waals surface area (Å²) >= 11 is 0. The van der Waals surface area contributed by atoms with Gasteiger partial charge in [0.05, 0.1) is 0 Å². The van der Waals surface area contributed by atoms with Gasteiger partial charge in [-0.15, -0.1) is 0 Å². The van der Waals surface area contributed by atoms with Crippen molar-refractivity contribution in [3.8, 4) is 0 Å². The number of carbonyl (C=O) groups is 1. The van der Waals surface area contributed by atoms with E-state index in [4.69, 9.17) is 0 Å². The van der Waals surface area contributed by atoms with E-state index >= 15 is 0 Å². The number of carboxylic acids is 1. The second-order valence-electron chi connectivity index (χ2n) is 4.66. The van der Waals surface area contributed by atoms with E-state index < -0.39 is 5.97 Å². The Bertz CT molecular complexity index is 160. The summed E-state index contributed by atoms with van der Waals surface area (Å²) in [7, 11) is 0. The molecule has 0 aliphatic rings. The number of aliphatic carboxylic acids is 1. The Hall–Kier alpha value is 1.07. The van der Waals surface area contributed by atoms with Crippen LogP contribution in [0.25, 0.3) is 0 Å². The van der Waals surface area contributed by atoms with Crippen LogP contribution in [0.4, 0.5) is 0 Å². The van der Waals surface area contributed by atoms with Crippen LogP contribution in [-0.4, -0.2) is 5.97 Å². The number of hydrogen-bond acceptors (Lipinski definition) is 2. The van der Waals surface area contributed by atoms with Crippen LogP contribution in [0, 0.1) is 49.9 Å². The molecule has 0 atom stereocenters. The number of unbranched alkanes of at least 4 members (excludes halogenated alkanes) is 10. The summed E-state index contributed by atoms with van der Waals surface area (Å²) in [6.07, 6.45) is 14.0. The molecule has 0 aromatic rings. The van der Waals surface area contributed by atoms with Gasteiger partial charge in [0, 0.05) is 5.97 Å². The van der Waals surface area contributed by atoms with Crippen LogP contribution in [-0.2, 0) is 4.79 Å². The van der Waals surface area contributed by atoms with Gasteiger partial charge in [-0.3, -0.25) is 0 Å². The molecule has 0 N–H and O–H groups in total. The molecule has 0 unspecified atom stereocenters. The topological polar surface area (TPSA) is 40.1 Å². The Labute approximate surface area is 148 Å². The van der Waals surface area contributed by atoms with E-state index in [9.17, 15) is 9.90 Å². The van der Waals surface area contributed by atoms with Gasteiger partial charge in [-0.2, -0.15) is 0 Å². The summed E-state index contributed by atoms with van der Waals surface area (Å²) in [6.45, 7) is 2.24. The molecule has 0 radical (unpaired) electrons. The number of carbonyl (C=O) groups excluding carboxylic acids is 1. The number of carboxylic acid groups (broad SMARTS) is 1. The molecule has 0 aromatic carbocycles. The van der Waals surface area contributed by atoms with Crippen LogP contribution in [0.2, 0.25) is 0 Å². The summed E-state index contributed by atoms with van der Waals surface area (Å²) in [4.78, 5) is 10.1. The monoisotopic (exact) mass is 450 g/mol. The predicted octanol–water partition coefficient (Wildman–Crippen LogP) is 3.44. The summed E-state index contributed by atoms with van der Waals surface area (Å²) in [6, 6.07) is 0. The third-order valence-electron chi connectivity index (χ3n) is 2.98. The second-order valence-corrected chi connectivity index (χ2v) is 4.66. The third kappa shape index (κ3) is 19.6. The Balaban J connectivity index is 0. The average molecular weight is 450 g/mol. The molecular formula is C14H27FrO2. The van der Waals surface area contributed by atoms with E-state index in [-0.39, 0.29) is 56.3 Å². The Morgan fingerprint density at radius 3 is 1.47 bits per heavy atom. The van der Waals surface area contributed by atoms with Crippen molar-refractivity contribution in [2.45, 2.75) is 84.0 Å². The summed E-state index contributed by atoms with van der Waals surface area (Å²) < 4.78 is 0. The third-order valence-corrected chi connectivity index (χ3v) is 2.98. The van der Waals surface area contributed by atoms with Crippen molar-refractivity contribution in [3.63, 3.8) is 0 Å². The van der Waals surface area contributed by atoms with E-state index in [1.165, 1.54) is 57.8 Å². The fourth-order valence-corrected chi connectivity index (χ4v) is 1.93. The molecule has 96 valence electrons. The van der Waals surface area contributed by atoms with Crippen molar-refractivity contribution >= 4 is 5.97 Å². The fourth-order valence-electron chi connectivity index (χ4n) is 1.93. The molecule has 0 spiro atoms. The maximum absolute atomic E-state index is 10.1. The van der Waals surface area contributed by atoms with Crippen molar-refractivity contribution in [1.29, 1.82) is 0 Å².